The van der Waals surface area contributed by atoms with Crippen molar-refractivity contribution in [2.75, 3.05) is 11.9 Å². The van der Waals surface area contributed by atoms with Crippen LogP contribution in [0, 0.1) is 0 Å². The minimum atomic E-state index is -0.862. The van der Waals surface area contributed by atoms with Crippen LogP contribution in [0.5, 0.6) is 0 Å². The maximum Gasteiger partial charge on any atom is 0.266 e. The van der Waals surface area contributed by atoms with E-state index in [1.165, 1.54) is 5.56 Å². The lowest BCUT2D eigenvalue weighted by molar-refractivity contribution is -0.121. The molecule has 1 heterocycles. The van der Waals surface area contributed by atoms with Crippen LogP contribution in [0.3, 0.4) is 0 Å². The maximum atomic E-state index is 13.2. The number of para-hydroxylation sites is 1. The second-order valence-corrected chi connectivity index (χ2v) is 7.72. The Labute approximate surface area is 183 Å². The van der Waals surface area contributed by atoms with Gasteiger partial charge in [0.2, 0.25) is 0 Å². The number of fused-ring (bicyclic) bond motifs is 1. The molecule has 4 rings (SSSR count). The van der Waals surface area contributed by atoms with Gasteiger partial charge in [0.15, 0.2) is 6.17 Å². The van der Waals surface area contributed by atoms with E-state index in [4.69, 9.17) is 4.99 Å². The van der Waals surface area contributed by atoms with Crippen LogP contribution < -0.4 is 10.2 Å². The largest absolute Gasteiger partial charge is 0.379 e. The fraction of sp³-hybridized carbons (Fsp3) is 0.231. The van der Waals surface area contributed by atoms with Gasteiger partial charge in [-0.25, -0.2) is 0 Å². The number of likely N-dealkylation sites (N-methyl/N-ethyl adjacent to an activating group) is 1. The predicted octanol–water partition coefficient (Wildman–Crippen LogP) is 3.76. The lowest BCUT2D eigenvalue weighted by atomic mass is 10.0. The maximum absolute atomic E-state index is 13.2. The number of benzene rings is 3. The molecule has 0 aliphatic carbocycles. The average molecular weight is 414 g/mol. The van der Waals surface area contributed by atoms with Crippen molar-refractivity contribution >= 4 is 17.3 Å². The van der Waals surface area contributed by atoms with E-state index in [0.29, 0.717) is 6.42 Å². The van der Waals surface area contributed by atoms with Crippen LogP contribution >= 0.6 is 0 Å². The van der Waals surface area contributed by atoms with Gasteiger partial charge in [0.25, 0.3) is 5.91 Å². The van der Waals surface area contributed by atoms with E-state index in [0.717, 1.165) is 35.4 Å². The number of rotatable bonds is 7. The summed E-state index contributed by atoms with van der Waals surface area (Å²) in [5.74, 6) is -0.194. The summed E-state index contributed by atoms with van der Waals surface area (Å²) in [4.78, 5) is 19.6. The number of hydrogen-bond acceptors (Lipinski definition) is 4. The van der Waals surface area contributed by atoms with Crippen LogP contribution in [0.15, 0.2) is 89.9 Å². The molecule has 0 aromatic heterocycles. The molecule has 0 bridgehead atoms. The van der Waals surface area contributed by atoms with Crippen LogP contribution in [-0.4, -0.2) is 36.2 Å². The second-order valence-electron chi connectivity index (χ2n) is 7.72. The Bertz CT molecular complexity index is 1050. The molecule has 3 aromatic rings. The fourth-order valence-corrected chi connectivity index (χ4v) is 3.87. The topological polar surface area (TPSA) is 64.9 Å². The summed E-state index contributed by atoms with van der Waals surface area (Å²) in [5.41, 5.74) is 4.61. The van der Waals surface area contributed by atoms with Gasteiger partial charge in [0.1, 0.15) is 6.23 Å². The van der Waals surface area contributed by atoms with E-state index in [1.807, 2.05) is 72.8 Å². The molecule has 0 saturated heterocycles. The van der Waals surface area contributed by atoms with Crippen molar-refractivity contribution in [3.8, 4) is 0 Å². The molecule has 5 nitrogen and oxygen atoms in total. The zero-order valence-electron chi connectivity index (χ0n) is 17.6. The van der Waals surface area contributed by atoms with Crippen LogP contribution in [-0.2, 0) is 11.2 Å². The first kappa shape index (κ1) is 21.0. The van der Waals surface area contributed by atoms with Crippen molar-refractivity contribution in [1.29, 1.82) is 0 Å². The summed E-state index contributed by atoms with van der Waals surface area (Å²) >= 11 is 0. The normalized spacial score (nSPS) is 17.0. The number of carbonyl (C=O) groups excluding carboxylic acids is 1. The van der Waals surface area contributed by atoms with Gasteiger partial charge in [-0.1, -0.05) is 78.9 Å². The zero-order valence-corrected chi connectivity index (χ0v) is 17.6. The number of aliphatic hydroxyl groups excluding tert-OH is 1. The number of carbonyl (C=O) groups is 1. The molecule has 1 unspecified atom stereocenters. The number of aryl methyl sites for hydroxylation is 1. The zero-order chi connectivity index (χ0) is 21.6. The van der Waals surface area contributed by atoms with Gasteiger partial charge >= 0.3 is 0 Å². The van der Waals surface area contributed by atoms with Crippen LogP contribution in [0.1, 0.15) is 29.5 Å². The Morgan fingerprint density at radius 1 is 0.968 bits per heavy atom. The molecule has 0 radical (unpaired) electrons. The number of nitrogens with zero attached hydrogens (tertiary/aromatic N) is 2. The van der Waals surface area contributed by atoms with Crippen molar-refractivity contribution in [3.05, 3.63) is 102 Å². The van der Waals surface area contributed by atoms with Gasteiger partial charge in [-0.3, -0.25) is 15.1 Å². The molecule has 3 aromatic carbocycles. The molecule has 1 aliphatic heterocycles. The second kappa shape index (κ2) is 9.69. The minimum Gasteiger partial charge on any atom is -0.379 e. The third kappa shape index (κ3) is 4.90. The molecule has 5 heteroatoms. The Balaban J connectivity index is 1.54. The summed E-state index contributed by atoms with van der Waals surface area (Å²) in [7, 11) is 1.75. The van der Waals surface area contributed by atoms with Gasteiger partial charge in [-0.2, -0.15) is 0 Å². The highest BCUT2D eigenvalue weighted by Gasteiger charge is 2.30. The van der Waals surface area contributed by atoms with Crippen molar-refractivity contribution in [2.24, 2.45) is 4.99 Å². The van der Waals surface area contributed by atoms with Gasteiger partial charge in [0, 0.05) is 18.2 Å². The number of nitrogens with one attached hydrogen (secondary N) is 1. The predicted molar refractivity (Wildman–Crippen MR) is 124 cm³/mol. The van der Waals surface area contributed by atoms with Crippen LogP contribution in [0.4, 0.5) is 5.69 Å². The van der Waals surface area contributed by atoms with E-state index in [2.05, 4.69) is 17.4 Å². The van der Waals surface area contributed by atoms with Crippen molar-refractivity contribution < 1.29 is 9.90 Å². The number of hydrogen-bond donors (Lipinski definition) is 2. The van der Waals surface area contributed by atoms with E-state index in [-0.39, 0.29) is 5.91 Å². The van der Waals surface area contributed by atoms with Gasteiger partial charge < -0.3 is 10.0 Å². The number of anilines is 1. The standard InChI is InChI=1S/C26H27N3O2/c1-29-22-17-9-8-16-21(22)24(20-14-6-3-7-15-20)28-25(26(29)31)27-23(30)18-10-13-19-11-4-2-5-12-19/h2-9,11-12,14-17,23,25,27,30H,10,13,18H2,1H3/t23?,25-/m1/s1. The van der Waals surface area contributed by atoms with Gasteiger partial charge in [-0.15, -0.1) is 0 Å². The minimum absolute atomic E-state index is 0.194. The molecule has 158 valence electrons. The number of aliphatic imine (C=N–C) groups is 1. The quantitative estimate of drug-likeness (QED) is 0.580. The third-order valence-corrected chi connectivity index (χ3v) is 5.53. The molecule has 31 heavy (non-hydrogen) atoms. The summed E-state index contributed by atoms with van der Waals surface area (Å²) in [6.07, 6.45) is 0.533. The highest BCUT2D eigenvalue weighted by molar-refractivity contribution is 6.19. The Kier molecular flexibility index (Phi) is 6.55. The first-order chi connectivity index (χ1) is 15.1. The van der Waals surface area contributed by atoms with E-state index in [9.17, 15) is 9.90 Å². The molecule has 0 saturated carbocycles. The molecule has 0 fully saturated rings. The summed E-state index contributed by atoms with van der Waals surface area (Å²) in [6, 6.07) is 27.8. The lowest BCUT2D eigenvalue weighted by Crippen LogP contribution is -2.47. The first-order valence-electron chi connectivity index (χ1n) is 10.6. The Hall–Kier alpha value is -3.28. The van der Waals surface area contributed by atoms with Crippen LogP contribution in [0.2, 0.25) is 0 Å². The summed E-state index contributed by atoms with van der Waals surface area (Å²) < 4.78 is 0. The van der Waals surface area contributed by atoms with E-state index < -0.39 is 12.4 Å². The Morgan fingerprint density at radius 3 is 2.35 bits per heavy atom. The first-order valence-corrected chi connectivity index (χ1v) is 10.6. The average Bonchev–Trinajstić information content (AvgIpc) is 2.91. The number of benzodiazepines with no additional fused rings is 1. The molecule has 1 amide bonds. The fourth-order valence-electron chi connectivity index (χ4n) is 3.87. The summed E-state index contributed by atoms with van der Waals surface area (Å²) in [6.45, 7) is 0. The SMILES string of the molecule is CN1C(=O)[C@H](NC(O)CCCc2ccccc2)N=C(c2ccccc2)c2ccccc21. The molecule has 1 aliphatic rings. The van der Waals surface area contributed by atoms with E-state index in [1.54, 1.807) is 11.9 Å². The van der Waals surface area contributed by atoms with Gasteiger partial charge in [0.05, 0.1) is 11.4 Å². The monoisotopic (exact) mass is 413 g/mol. The van der Waals surface area contributed by atoms with Crippen molar-refractivity contribution in [2.45, 2.75) is 31.7 Å². The third-order valence-electron chi connectivity index (χ3n) is 5.53. The molecule has 2 atom stereocenters. The number of aliphatic hydroxyl groups is 1. The molecular formula is C26H27N3O2. The lowest BCUT2D eigenvalue weighted by Gasteiger charge is -2.23. The summed E-state index contributed by atoms with van der Waals surface area (Å²) in [5, 5.41) is 13.6. The molecule has 0 spiro atoms. The van der Waals surface area contributed by atoms with Gasteiger partial charge in [-0.05, 0) is 30.9 Å². The molecule has 2 N–H and O–H groups in total. The Morgan fingerprint density at radius 2 is 1.61 bits per heavy atom. The van der Waals surface area contributed by atoms with E-state index >= 15 is 0 Å². The smallest absolute Gasteiger partial charge is 0.266 e. The highest BCUT2D eigenvalue weighted by atomic mass is 16.3. The van der Waals surface area contributed by atoms with Crippen molar-refractivity contribution in [3.63, 3.8) is 0 Å². The van der Waals surface area contributed by atoms with Crippen LogP contribution in [0.25, 0.3) is 0 Å². The molecular weight excluding hydrogens is 386 g/mol. The highest BCUT2D eigenvalue weighted by Crippen LogP contribution is 2.27. The van der Waals surface area contributed by atoms with Crippen molar-refractivity contribution in [1.82, 2.24) is 5.32 Å². The number of amides is 1.